The highest BCUT2D eigenvalue weighted by Crippen LogP contribution is 2.25. The van der Waals surface area contributed by atoms with Crippen molar-refractivity contribution in [1.82, 2.24) is 5.32 Å². The summed E-state index contributed by atoms with van der Waals surface area (Å²) in [4.78, 5) is 26.1. The van der Waals surface area contributed by atoms with Crippen LogP contribution < -0.4 is 10.2 Å². The Bertz CT molecular complexity index is 509. The van der Waals surface area contributed by atoms with E-state index in [1.165, 1.54) is 0 Å². The van der Waals surface area contributed by atoms with Crippen molar-refractivity contribution in [3.8, 4) is 0 Å². The van der Waals surface area contributed by atoms with Crippen LogP contribution in [0.4, 0.5) is 5.69 Å². The lowest BCUT2D eigenvalue weighted by Gasteiger charge is -2.19. The Morgan fingerprint density at radius 2 is 2.18 bits per heavy atom. The van der Waals surface area contributed by atoms with Gasteiger partial charge in [-0.15, -0.1) is 0 Å². The van der Waals surface area contributed by atoms with Crippen LogP contribution in [0.2, 0.25) is 0 Å². The fourth-order valence-electron chi connectivity index (χ4n) is 2.53. The predicted molar refractivity (Wildman–Crippen MR) is 88.9 cm³/mol. The molecule has 2 atom stereocenters. The molecule has 1 fully saturated rings. The third-order valence-electron chi connectivity index (χ3n) is 3.80. The molecule has 22 heavy (non-hydrogen) atoms. The Labute approximate surface area is 135 Å². The largest absolute Gasteiger partial charge is 0.394 e. The smallest absolute Gasteiger partial charge is 0.227 e. The molecule has 2 rings (SSSR count). The highest BCUT2D eigenvalue weighted by Gasteiger charge is 2.35. The number of aliphatic hydroxyl groups is 1. The molecule has 2 amide bonds. The van der Waals surface area contributed by atoms with Gasteiger partial charge in [-0.25, -0.2) is 0 Å². The van der Waals surface area contributed by atoms with Gasteiger partial charge in [0.25, 0.3) is 0 Å². The Morgan fingerprint density at radius 3 is 2.82 bits per heavy atom. The summed E-state index contributed by atoms with van der Waals surface area (Å²) >= 11 is 1.68. The van der Waals surface area contributed by atoms with Gasteiger partial charge in [0.15, 0.2) is 0 Å². The van der Waals surface area contributed by atoms with Crippen LogP contribution in [0, 0.1) is 5.92 Å². The summed E-state index contributed by atoms with van der Waals surface area (Å²) in [6.45, 7) is 0.324. The first-order valence-corrected chi connectivity index (χ1v) is 8.80. The summed E-state index contributed by atoms with van der Waals surface area (Å²) in [6, 6.07) is 9.15. The molecule has 5 nitrogen and oxygen atoms in total. The van der Waals surface area contributed by atoms with Gasteiger partial charge in [-0.1, -0.05) is 18.2 Å². The van der Waals surface area contributed by atoms with Crippen molar-refractivity contribution >= 4 is 29.3 Å². The van der Waals surface area contributed by atoms with Crippen LogP contribution in [0.3, 0.4) is 0 Å². The highest BCUT2D eigenvalue weighted by atomic mass is 32.2. The molecule has 1 aliphatic heterocycles. The van der Waals surface area contributed by atoms with E-state index in [1.54, 1.807) is 16.7 Å². The van der Waals surface area contributed by atoms with E-state index in [4.69, 9.17) is 0 Å². The lowest BCUT2D eigenvalue weighted by atomic mass is 10.1. The normalized spacial score (nSPS) is 19.3. The Hall–Kier alpha value is -1.53. The number of carbonyl (C=O) groups is 2. The number of hydrogen-bond donors (Lipinski definition) is 2. The zero-order valence-electron chi connectivity index (χ0n) is 12.7. The van der Waals surface area contributed by atoms with E-state index in [9.17, 15) is 14.7 Å². The molecule has 0 radical (unpaired) electrons. The van der Waals surface area contributed by atoms with Crippen LogP contribution in [0.5, 0.6) is 0 Å². The SMILES string of the molecule is CSCCC(CO)NC(=O)C1CC(=O)N(c2ccccc2)C1. The highest BCUT2D eigenvalue weighted by molar-refractivity contribution is 7.98. The van der Waals surface area contributed by atoms with Crippen molar-refractivity contribution in [3.05, 3.63) is 30.3 Å². The molecule has 6 heteroatoms. The minimum atomic E-state index is -0.351. The zero-order valence-corrected chi connectivity index (χ0v) is 13.5. The Kier molecular flexibility index (Phi) is 6.27. The fraction of sp³-hybridized carbons (Fsp3) is 0.500. The number of anilines is 1. The maximum Gasteiger partial charge on any atom is 0.227 e. The van der Waals surface area contributed by atoms with Gasteiger partial charge >= 0.3 is 0 Å². The maximum absolute atomic E-state index is 12.3. The number of para-hydroxylation sites is 1. The first-order chi connectivity index (χ1) is 10.7. The van der Waals surface area contributed by atoms with E-state index in [2.05, 4.69) is 5.32 Å². The second-order valence-corrected chi connectivity index (χ2v) is 6.40. The van der Waals surface area contributed by atoms with Crippen molar-refractivity contribution < 1.29 is 14.7 Å². The minimum Gasteiger partial charge on any atom is -0.394 e. The molecule has 1 aliphatic rings. The van der Waals surface area contributed by atoms with E-state index < -0.39 is 0 Å². The summed E-state index contributed by atoms with van der Waals surface area (Å²) in [6.07, 6.45) is 2.94. The van der Waals surface area contributed by atoms with Gasteiger partial charge in [0, 0.05) is 18.7 Å². The monoisotopic (exact) mass is 322 g/mol. The van der Waals surface area contributed by atoms with Crippen LogP contribution in [-0.4, -0.2) is 48.1 Å². The minimum absolute atomic E-state index is 0.0315. The van der Waals surface area contributed by atoms with Crippen LogP contribution in [0.15, 0.2) is 30.3 Å². The molecule has 1 aromatic carbocycles. The first-order valence-electron chi connectivity index (χ1n) is 7.41. The van der Waals surface area contributed by atoms with Crippen molar-refractivity contribution in [3.63, 3.8) is 0 Å². The standard InChI is InChI=1S/C16H22N2O3S/c1-22-8-7-13(11-19)17-16(21)12-9-15(20)18(10-12)14-5-3-2-4-6-14/h2-6,12-13,19H,7-11H2,1H3,(H,17,21). The molecule has 0 aromatic heterocycles. The average Bonchev–Trinajstić information content (AvgIpc) is 2.94. The molecule has 2 unspecified atom stereocenters. The summed E-state index contributed by atoms with van der Waals surface area (Å²) in [5, 5.41) is 12.2. The fourth-order valence-corrected chi connectivity index (χ4v) is 3.05. The molecule has 1 heterocycles. The number of hydrogen-bond acceptors (Lipinski definition) is 4. The van der Waals surface area contributed by atoms with Crippen molar-refractivity contribution in [2.45, 2.75) is 18.9 Å². The molecular formula is C16H22N2O3S. The van der Waals surface area contributed by atoms with Gasteiger partial charge in [-0.05, 0) is 30.6 Å². The van der Waals surface area contributed by atoms with Crippen LogP contribution in [0.1, 0.15) is 12.8 Å². The molecule has 0 bridgehead atoms. The Morgan fingerprint density at radius 1 is 1.45 bits per heavy atom. The van der Waals surface area contributed by atoms with Gasteiger partial charge in [0.05, 0.1) is 18.6 Å². The number of amides is 2. The van der Waals surface area contributed by atoms with Crippen molar-refractivity contribution in [2.75, 3.05) is 30.1 Å². The van der Waals surface area contributed by atoms with Gasteiger partial charge in [0.2, 0.25) is 11.8 Å². The number of benzene rings is 1. The molecular weight excluding hydrogens is 300 g/mol. The van der Waals surface area contributed by atoms with E-state index in [0.717, 1.165) is 17.9 Å². The molecule has 1 saturated heterocycles. The van der Waals surface area contributed by atoms with E-state index in [0.29, 0.717) is 6.54 Å². The second kappa shape index (κ2) is 8.19. The lowest BCUT2D eigenvalue weighted by Crippen LogP contribution is -2.42. The van der Waals surface area contributed by atoms with E-state index in [1.807, 2.05) is 36.6 Å². The van der Waals surface area contributed by atoms with Gasteiger partial charge in [-0.2, -0.15) is 11.8 Å². The number of carbonyl (C=O) groups excluding carboxylic acids is 2. The summed E-state index contributed by atoms with van der Waals surface area (Å²) in [7, 11) is 0. The third kappa shape index (κ3) is 4.24. The van der Waals surface area contributed by atoms with E-state index in [-0.39, 0.29) is 36.8 Å². The van der Waals surface area contributed by atoms with Crippen LogP contribution in [0.25, 0.3) is 0 Å². The number of thioether (sulfide) groups is 1. The van der Waals surface area contributed by atoms with Gasteiger partial charge in [0.1, 0.15) is 0 Å². The third-order valence-corrected chi connectivity index (χ3v) is 4.44. The molecule has 0 saturated carbocycles. The lowest BCUT2D eigenvalue weighted by molar-refractivity contribution is -0.127. The molecule has 120 valence electrons. The Balaban J connectivity index is 1.93. The quantitative estimate of drug-likeness (QED) is 0.793. The number of rotatable bonds is 7. The van der Waals surface area contributed by atoms with E-state index >= 15 is 0 Å². The van der Waals surface area contributed by atoms with Crippen LogP contribution >= 0.6 is 11.8 Å². The van der Waals surface area contributed by atoms with Gasteiger partial charge in [-0.3, -0.25) is 9.59 Å². The number of nitrogens with zero attached hydrogens (tertiary/aromatic N) is 1. The molecule has 1 aromatic rings. The van der Waals surface area contributed by atoms with Gasteiger partial charge < -0.3 is 15.3 Å². The average molecular weight is 322 g/mol. The number of nitrogens with one attached hydrogen (secondary N) is 1. The second-order valence-electron chi connectivity index (χ2n) is 5.41. The molecule has 0 spiro atoms. The summed E-state index contributed by atoms with van der Waals surface area (Å²) in [5.41, 5.74) is 0.823. The summed E-state index contributed by atoms with van der Waals surface area (Å²) in [5.74, 6) is 0.351. The van der Waals surface area contributed by atoms with Crippen molar-refractivity contribution in [2.24, 2.45) is 5.92 Å². The van der Waals surface area contributed by atoms with Crippen molar-refractivity contribution in [1.29, 1.82) is 0 Å². The molecule has 2 N–H and O–H groups in total. The first kappa shape index (κ1) is 16.8. The predicted octanol–water partition coefficient (Wildman–Crippen LogP) is 1.27. The zero-order chi connectivity index (χ0) is 15.9. The number of aliphatic hydroxyl groups excluding tert-OH is 1. The summed E-state index contributed by atoms with van der Waals surface area (Å²) < 4.78 is 0. The van der Waals surface area contributed by atoms with Crippen LogP contribution in [-0.2, 0) is 9.59 Å². The topological polar surface area (TPSA) is 69.6 Å². The maximum atomic E-state index is 12.3. The molecule has 0 aliphatic carbocycles.